The number of rotatable bonds is 4. The summed E-state index contributed by atoms with van der Waals surface area (Å²) in [4.78, 5) is 24.4. The molecule has 0 fully saturated rings. The van der Waals surface area contributed by atoms with Gasteiger partial charge in [0.15, 0.2) is 0 Å². The molecule has 104 valence electrons. The second-order valence-electron chi connectivity index (χ2n) is 4.49. The molecule has 0 aromatic carbocycles. The van der Waals surface area contributed by atoms with Crippen molar-refractivity contribution in [3.8, 4) is 0 Å². The number of hydrogen-bond donors (Lipinski definition) is 3. The number of nitrogens with one attached hydrogen (secondary N) is 2. The molecule has 20 heavy (non-hydrogen) atoms. The number of aromatic nitrogens is 3. The number of nitrogen functional groups attached to an aromatic ring is 1. The van der Waals surface area contributed by atoms with E-state index < -0.39 is 0 Å². The van der Waals surface area contributed by atoms with Gasteiger partial charge in [-0.15, -0.1) is 0 Å². The van der Waals surface area contributed by atoms with Crippen LogP contribution in [0.2, 0.25) is 0 Å². The lowest BCUT2D eigenvalue weighted by Gasteiger charge is -2.10. The molecule has 0 aliphatic carbocycles. The van der Waals surface area contributed by atoms with Crippen LogP contribution in [0.1, 0.15) is 35.8 Å². The van der Waals surface area contributed by atoms with Crippen LogP contribution in [0.3, 0.4) is 0 Å². The van der Waals surface area contributed by atoms with Crippen molar-refractivity contribution in [3.63, 3.8) is 0 Å². The smallest absolute Gasteiger partial charge is 0.258 e. The molecule has 2 aromatic heterocycles. The lowest BCUT2D eigenvalue weighted by atomic mass is 10.1. The van der Waals surface area contributed by atoms with Gasteiger partial charge in [-0.1, -0.05) is 13.8 Å². The molecule has 2 rings (SSSR count). The number of hydrogen-bond acceptors (Lipinski definition) is 6. The molecule has 2 heterocycles. The first-order chi connectivity index (χ1) is 9.60. The standard InChI is InChI=1S/C13H16N6O/c1-8(2)10-6-9(7-11(17-10)19-14)12(20)18-13-15-4-3-5-16-13/h3-8H,14H2,1-2H3,(H,17,19)(H,15,16,18,20). The highest BCUT2D eigenvalue weighted by Gasteiger charge is 2.12. The van der Waals surface area contributed by atoms with Crippen molar-refractivity contribution in [2.45, 2.75) is 19.8 Å². The van der Waals surface area contributed by atoms with Crippen LogP contribution >= 0.6 is 0 Å². The summed E-state index contributed by atoms with van der Waals surface area (Å²) in [5.41, 5.74) is 3.68. The van der Waals surface area contributed by atoms with Crippen molar-refractivity contribution in [2.75, 3.05) is 10.7 Å². The third-order valence-corrected chi connectivity index (χ3v) is 2.64. The Kier molecular flexibility index (Phi) is 4.21. The van der Waals surface area contributed by atoms with Crippen molar-refractivity contribution < 1.29 is 4.79 Å². The average Bonchev–Trinajstić information content (AvgIpc) is 2.47. The molecule has 0 aliphatic rings. The zero-order valence-corrected chi connectivity index (χ0v) is 11.3. The second kappa shape index (κ2) is 6.07. The van der Waals surface area contributed by atoms with Crippen LogP contribution < -0.4 is 16.6 Å². The SMILES string of the molecule is CC(C)c1cc(C(=O)Nc2ncccn2)cc(NN)n1. The van der Waals surface area contributed by atoms with Crippen LogP contribution in [0.5, 0.6) is 0 Å². The van der Waals surface area contributed by atoms with E-state index in [1.165, 1.54) is 0 Å². The molecule has 7 heteroatoms. The number of carbonyl (C=O) groups is 1. The summed E-state index contributed by atoms with van der Waals surface area (Å²) in [6.45, 7) is 3.98. The number of anilines is 2. The van der Waals surface area contributed by atoms with Gasteiger partial charge in [0, 0.05) is 23.7 Å². The minimum Gasteiger partial charge on any atom is -0.308 e. The van der Waals surface area contributed by atoms with E-state index in [4.69, 9.17) is 5.84 Å². The third kappa shape index (κ3) is 3.27. The zero-order chi connectivity index (χ0) is 14.5. The molecule has 4 N–H and O–H groups in total. The molecular formula is C13H16N6O. The van der Waals surface area contributed by atoms with Gasteiger partial charge in [-0.05, 0) is 24.1 Å². The highest BCUT2D eigenvalue weighted by molar-refractivity contribution is 6.03. The van der Waals surface area contributed by atoms with Crippen molar-refractivity contribution in [1.29, 1.82) is 0 Å². The minimum atomic E-state index is -0.308. The number of nitrogens with zero attached hydrogens (tertiary/aromatic N) is 3. The Balaban J connectivity index is 2.27. The molecule has 0 aliphatic heterocycles. The van der Waals surface area contributed by atoms with Gasteiger partial charge in [-0.3, -0.25) is 10.1 Å². The Labute approximate surface area is 116 Å². The minimum absolute atomic E-state index is 0.183. The van der Waals surface area contributed by atoms with Gasteiger partial charge >= 0.3 is 0 Å². The van der Waals surface area contributed by atoms with Gasteiger partial charge in [0.05, 0.1) is 0 Å². The largest absolute Gasteiger partial charge is 0.308 e. The van der Waals surface area contributed by atoms with E-state index in [2.05, 4.69) is 25.7 Å². The second-order valence-corrected chi connectivity index (χ2v) is 4.49. The molecule has 0 atom stereocenters. The van der Waals surface area contributed by atoms with Crippen LogP contribution in [0, 0.1) is 0 Å². The maximum Gasteiger partial charge on any atom is 0.258 e. The van der Waals surface area contributed by atoms with Gasteiger partial charge in [0.1, 0.15) is 5.82 Å². The molecule has 2 aromatic rings. The fourth-order valence-electron chi connectivity index (χ4n) is 1.59. The summed E-state index contributed by atoms with van der Waals surface area (Å²) in [7, 11) is 0. The van der Waals surface area contributed by atoms with E-state index >= 15 is 0 Å². The lowest BCUT2D eigenvalue weighted by Crippen LogP contribution is -2.17. The molecule has 0 radical (unpaired) electrons. The van der Waals surface area contributed by atoms with E-state index in [-0.39, 0.29) is 17.8 Å². The Morgan fingerprint density at radius 3 is 2.55 bits per heavy atom. The summed E-state index contributed by atoms with van der Waals surface area (Å²) in [6.07, 6.45) is 3.11. The molecule has 0 spiro atoms. The summed E-state index contributed by atoms with van der Waals surface area (Å²) >= 11 is 0. The highest BCUT2D eigenvalue weighted by atomic mass is 16.1. The molecule has 0 unspecified atom stereocenters. The fourth-order valence-corrected chi connectivity index (χ4v) is 1.59. The van der Waals surface area contributed by atoms with Gasteiger partial charge in [-0.25, -0.2) is 20.8 Å². The first-order valence-electron chi connectivity index (χ1n) is 6.17. The number of carbonyl (C=O) groups excluding carboxylic acids is 1. The quantitative estimate of drug-likeness (QED) is 0.575. The normalized spacial score (nSPS) is 10.4. The molecule has 0 saturated heterocycles. The topological polar surface area (TPSA) is 106 Å². The average molecular weight is 272 g/mol. The van der Waals surface area contributed by atoms with Crippen LogP contribution in [-0.2, 0) is 0 Å². The Morgan fingerprint density at radius 2 is 1.95 bits per heavy atom. The zero-order valence-electron chi connectivity index (χ0n) is 11.3. The summed E-state index contributed by atoms with van der Waals surface area (Å²) < 4.78 is 0. The predicted molar refractivity (Wildman–Crippen MR) is 76.1 cm³/mol. The maximum atomic E-state index is 12.2. The Bertz CT molecular complexity index is 599. The monoisotopic (exact) mass is 272 g/mol. The molecule has 0 bridgehead atoms. The first kappa shape index (κ1) is 13.9. The molecule has 0 saturated carbocycles. The van der Waals surface area contributed by atoms with Gasteiger partial charge < -0.3 is 5.43 Å². The van der Waals surface area contributed by atoms with Crippen LogP contribution in [0.15, 0.2) is 30.6 Å². The number of amides is 1. The van der Waals surface area contributed by atoms with Crippen LogP contribution in [-0.4, -0.2) is 20.9 Å². The van der Waals surface area contributed by atoms with Gasteiger partial charge in [0.25, 0.3) is 5.91 Å². The van der Waals surface area contributed by atoms with Crippen molar-refractivity contribution in [2.24, 2.45) is 5.84 Å². The number of hydrazine groups is 1. The predicted octanol–water partition coefficient (Wildman–Crippen LogP) is 1.53. The molecule has 1 amide bonds. The first-order valence-corrected chi connectivity index (χ1v) is 6.17. The van der Waals surface area contributed by atoms with E-state index in [0.29, 0.717) is 11.4 Å². The number of pyridine rings is 1. The third-order valence-electron chi connectivity index (χ3n) is 2.64. The van der Waals surface area contributed by atoms with Gasteiger partial charge in [0.2, 0.25) is 5.95 Å². The summed E-state index contributed by atoms with van der Waals surface area (Å²) in [5.74, 6) is 5.94. The van der Waals surface area contributed by atoms with E-state index in [1.54, 1.807) is 30.6 Å². The van der Waals surface area contributed by atoms with E-state index in [0.717, 1.165) is 5.69 Å². The summed E-state index contributed by atoms with van der Waals surface area (Å²) in [5, 5.41) is 2.62. The molecule has 7 nitrogen and oxygen atoms in total. The van der Waals surface area contributed by atoms with Crippen molar-refractivity contribution in [3.05, 3.63) is 41.9 Å². The molecular weight excluding hydrogens is 256 g/mol. The maximum absolute atomic E-state index is 12.2. The van der Waals surface area contributed by atoms with Crippen molar-refractivity contribution in [1.82, 2.24) is 15.0 Å². The van der Waals surface area contributed by atoms with Crippen molar-refractivity contribution >= 4 is 17.7 Å². The fraction of sp³-hybridized carbons (Fsp3) is 0.231. The lowest BCUT2D eigenvalue weighted by molar-refractivity contribution is 0.102. The van der Waals surface area contributed by atoms with E-state index in [9.17, 15) is 4.79 Å². The Hall–Kier alpha value is -2.54. The summed E-state index contributed by atoms with van der Waals surface area (Å²) in [6, 6.07) is 4.98. The van der Waals surface area contributed by atoms with Crippen LogP contribution in [0.4, 0.5) is 11.8 Å². The Morgan fingerprint density at radius 1 is 1.25 bits per heavy atom. The number of nitrogens with two attached hydrogens (primary N) is 1. The van der Waals surface area contributed by atoms with Gasteiger partial charge in [-0.2, -0.15) is 0 Å². The highest BCUT2D eigenvalue weighted by Crippen LogP contribution is 2.17. The van der Waals surface area contributed by atoms with E-state index in [1.807, 2.05) is 13.8 Å². The van der Waals surface area contributed by atoms with Crippen LogP contribution in [0.25, 0.3) is 0 Å².